The van der Waals surface area contributed by atoms with Gasteiger partial charge in [-0.25, -0.2) is 5.43 Å². The number of hydrazone groups is 1. The molecule has 6 nitrogen and oxygen atoms in total. The van der Waals surface area contributed by atoms with E-state index in [-0.39, 0.29) is 12.5 Å². The summed E-state index contributed by atoms with van der Waals surface area (Å²) in [6.07, 6.45) is 5.77. The molecule has 0 saturated carbocycles. The van der Waals surface area contributed by atoms with Gasteiger partial charge in [0, 0.05) is 0 Å². The lowest BCUT2D eigenvalue weighted by Gasteiger charge is -2.11. The van der Waals surface area contributed by atoms with Gasteiger partial charge in [-0.15, -0.1) is 0 Å². The molecule has 0 unspecified atom stereocenters. The monoisotopic (exact) mass is 398 g/mol. The van der Waals surface area contributed by atoms with E-state index in [1.54, 1.807) is 13.3 Å². The fourth-order valence-corrected chi connectivity index (χ4v) is 2.63. The summed E-state index contributed by atoms with van der Waals surface area (Å²) < 4.78 is 16.6. The van der Waals surface area contributed by atoms with Crippen LogP contribution in [0.5, 0.6) is 17.2 Å². The number of carbonyl (C=O) groups excluding carboxylic acids is 1. The lowest BCUT2D eigenvalue weighted by Crippen LogP contribution is -2.24. The molecule has 156 valence electrons. The molecule has 0 fully saturated rings. The summed E-state index contributed by atoms with van der Waals surface area (Å²) in [5, 5.41) is 3.98. The number of carbonyl (C=O) groups is 1. The van der Waals surface area contributed by atoms with Crippen molar-refractivity contribution in [3.05, 3.63) is 53.6 Å². The zero-order chi connectivity index (χ0) is 20.9. The minimum Gasteiger partial charge on any atom is -0.493 e. The van der Waals surface area contributed by atoms with E-state index >= 15 is 0 Å². The number of unbranched alkanes of at least 4 members (excludes halogenated alkanes) is 2. The normalized spacial score (nSPS) is 10.7. The van der Waals surface area contributed by atoms with Crippen molar-refractivity contribution in [3.63, 3.8) is 0 Å². The molecule has 2 aromatic carbocycles. The summed E-state index contributed by atoms with van der Waals surface area (Å²) in [5.74, 6) is 1.68. The molecule has 0 radical (unpaired) electrons. The molecule has 0 atom stereocenters. The Balaban J connectivity index is 1.83. The van der Waals surface area contributed by atoms with Gasteiger partial charge in [0.15, 0.2) is 18.1 Å². The number of rotatable bonds is 12. The van der Waals surface area contributed by atoms with E-state index in [0.29, 0.717) is 23.9 Å². The van der Waals surface area contributed by atoms with Crippen molar-refractivity contribution < 1.29 is 19.0 Å². The lowest BCUT2D eigenvalue weighted by molar-refractivity contribution is -0.123. The van der Waals surface area contributed by atoms with Crippen molar-refractivity contribution in [1.82, 2.24) is 5.43 Å². The van der Waals surface area contributed by atoms with Crippen molar-refractivity contribution in [2.24, 2.45) is 5.10 Å². The van der Waals surface area contributed by atoms with E-state index < -0.39 is 0 Å². The number of hydrogen-bond acceptors (Lipinski definition) is 5. The first-order valence-corrected chi connectivity index (χ1v) is 10.0. The van der Waals surface area contributed by atoms with E-state index in [4.69, 9.17) is 14.2 Å². The van der Waals surface area contributed by atoms with E-state index in [9.17, 15) is 4.79 Å². The number of benzene rings is 2. The highest BCUT2D eigenvalue weighted by Gasteiger charge is 2.06. The van der Waals surface area contributed by atoms with Crippen LogP contribution in [0.4, 0.5) is 0 Å². The zero-order valence-electron chi connectivity index (χ0n) is 17.4. The molecule has 0 aliphatic heterocycles. The van der Waals surface area contributed by atoms with Gasteiger partial charge in [-0.1, -0.05) is 38.8 Å². The van der Waals surface area contributed by atoms with E-state index in [1.807, 2.05) is 42.5 Å². The second-order valence-electron chi connectivity index (χ2n) is 6.55. The molecule has 0 aliphatic carbocycles. The Hall–Kier alpha value is -3.02. The first-order chi connectivity index (χ1) is 14.2. The largest absolute Gasteiger partial charge is 0.493 e. The molecule has 2 aromatic rings. The standard InChI is InChI=1S/C23H30N2O4/c1-4-6-7-13-28-21-12-11-19(15-22(21)27-3)16-24-25-23(26)17-29-20-10-8-9-18(5-2)14-20/h8-12,14-16H,4-7,13,17H2,1-3H3,(H,25,26)/b24-16+. The van der Waals surface area contributed by atoms with Crippen molar-refractivity contribution >= 4 is 12.1 Å². The maximum absolute atomic E-state index is 11.9. The van der Waals surface area contributed by atoms with Crippen LogP contribution in [-0.2, 0) is 11.2 Å². The fourth-order valence-electron chi connectivity index (χ4n) is 2.63. The predicted octanol–water partition coefficient (Wildman–Crippen LogP) is 4.36. The number of hydrogen-bond donors (Lipinski definition) is 1. The molecule has 0 saturated heterocycles. The predicted molar refractivity (Wildman–Crippen MR) is 115 cm³/mol. The van der Waals surface area contributed by atoms with Crippen molar-refractivity contribution in [3.8, 4) is 17.2 Å². The minimum atomic E-state index is -0.328. The number of aryl methyl sites for hydroxylation is 1. The smallest absolute Gasteiger partial charge is 0.277 e. The summed E-state index contributed by atoms with van der Waals surface area (Å²) in [5.41, 5.74) is 4.42. The lowest BCUT2D eigenvalue weighted by atomic mass is 10.2. The van der Waals surface area contributed by atoms with Gasteiger partial charge >= 0.3 is 0 Å². The minimum absolute atomic E-state index is 0.0988. The van der Waals surface area contributed by atoms with Gasteiger partial charge in [-0.05, 0) is 54.3 Å². The molecule has 0 spiro atoms. The average Bonchev–Trinajstić information content (AvgIpc) is 2.76. The molecule has 6 heteroatoms. The van der Waals surface area contributed by atoms with E-state index in [2.05, 4.69) is 24.4 Å². The highest BCUT2D eigenvalue weighted by molar-refractivity contribution is 5.83. The molecule has 0 heterocycles. The number of nitrogens with zero attached hydrogens (tertiary/aromatic N) is 1. The van der Waals surface area contributed by atoms with Gasteiger partial charge in [0.05, 0.1) is 19.9 Å². The third kappa shape index (κ3) is 7.86. The molecule has 1 N–H and O–H groups in total. The van der Waals surface area contributed by atoms with Gasteiger partial charge in [-0.3, -0.25) is 4.79 Å². The SMILES string of the molecule is CCCCCOc1ccc(/C=N/NC(=O)COc2cccc(CC)c2)cc1OC. The Morgan fingerprint density at radius 3 is 2.69 bits per heavy atom. The Morgan fingerprint density at radius 2 is 1.93 bits per heavy atom. The molecule has 0 aromatic heterocycles. The highest BCUT2D eigenvalue weighted by Crippen LogP contribution is 2.27. The third-order valence-corrected chi connectivity index (χ3v) is 4.27. The van der Waals surface area contributed by atoms with Gasteiger partial charge in [0.2, 0.25) is 0 Å². The van der Waals surface area contributed by atoms with Crippen LogP contribution < -0.4 is 19.6 Å². The summed E-state index contributed by atoms with van der Waals surface area (Å²) in [4.78, 5) is 11.9. The quantitative estimate of drug-likeness (QED) is 0.328. The van der Waals surface area contributed by atoms with Gasteiger partial charge in [0.1, 0.15) is 5.75 Å². The molecule has 1 amide bonds. The Kier molecular flexibility index (Phi) is 9.55. The Labute approximate surface area is 172 Å². The molecular formula is C23H30N2O4. The number of ether oxygens (including phenoxy) is 3. The second kappa shape index (κ2) is 12.4. The zero-order valence-corrected chi connectivity index (χ0v) is 17.4. The maximum atomic E-state index is 11.9. The van der Waals surface area contributed by atoms with E-state index in [0.717, 1.165) is 36.8 Å². The van der Waals surface area contributed by atoms with Crippen molar-refractivity contribution in [2.45, 2.75) is 39.5 Å². The van der Waals surface area contributed by atoms with Crippen molar-refractivity contribution in [2.75, 3.05) is 20.3 Å². The van der Waals surface area contributed by atoms with Crippen LogP contribution in [0.2, 0.25) is 0 Å². The molecular weight excluding hydrogens is 368 g/mol. The Morgan fingerprint density at radius 1 is 1.07 bits per heavy atom. The van der Waals surface area contributed by atoms with Crippen LogP contribution in [0.25, 0.3) is 0 Å². The molecule has 29 heavy (non-hydrogen) atoms. The van der Waals surface area contributed by atoms with Crippen LogP contribution in [0.1, 0.15) is 44.2 Å². The summed E-state index contributed by atoms with van der Waals surface area (Å²) in [7, 11) is 1.60. The number of methoxy groups -OCH3 is 1. The van der Waals surface area contributed by atoms with Crippen molar-refractivity contribution in [1.29, 1.82) is 0 Å². The average molecular weight is 399 g/mol. The topological polar surface area (TPSA) is 69.2 Å². The van der Waals surface area contributed by atoms with Crippen LogP contribution in [-0.4, -0.2) is 32.4 Å². The summed E-state index contributed by atoms with van der Waals surface area (Å²) in [6.45, 7) is 4.79. The van der Waals surface area contributed by atoms with Crippen LogP contribution >= 0.6 is 0 Å². The van der Waals surface area contributed by atoms with Crippen LogP contribution in [0, 0.1) is 0 Å². The van der Waals surface area contributed by atoms with Gasteiger partial charge < -0.3 is 14.2 Å². The summed E-state index contributed by atoms with van der Waals surface area (Å²) >= 11 is 0. The molecule has 2 rings (SSSR count). The van der Waals surface area contributed by atoms with Crippen LogP contribution in [0.15, 0.2) is 47.6 Å². The second-order valence-corrected chi connectivity index (χ2v) is 6.55. The first-order valence-electron chi connectivity index (χ1n) is 10.0. The van der Waals surface area contributed by atoms with Gasteiger partial charge in [0.25, 0.3) is 5.91 Å². The highest BCUT2D eigenvalue weighted by atomic mass is 16.5. The number of amides is 1. The number of nitrogens with one attached hydrogen (secondary N) is 1. The molecule has 0 bridgehead atoms. The fraction of sp³-hybridized carbons (Fsp3) is 0.391. The van der Waals surface area contributed by atoms with Crippen LogP contribution in [0.3, 0.4) is 0 Å². The van der Waals surface area contributed by atoms with E-state index in [1.165, 1.54) is 0 Å². The third-order valence-electron chi connectivity index (χ3n) is 4.27. The summed E-state index contributed by atoms with van der Waals surface area (Å²) in [6, 6.07) is 13.2. The maximum Gasteiger partial charge on any atom is 0.277 e. The Bertz CT molecular complexity index is 805. The molecule has 0 aliphatic rings. The first kappa shape index (κ1) is 22.3. The van der Waals surface area contributed by atoms with Gasteiger partial charge in [-0.2, -0.15) is 5.10 Å².